The maximum absolute atomic E-state index is 12.6. The second-order valence-corrected chi connectivity index (χ2v) is 10.0. The van der Waals surface area contributed by atoms with E-state index in [4.69, 9.17) is 4.74 Å². The lowest BCUT2D eigenvalue weighted by molar-refractivity contribution is -0.129. The Hall–Kier alpha value is -1.89. The average molecular weight is 396 g/mol. The second-order valence-electron chi connectivity index (χ2n) is 7.81. The molecule has 0 spiro atoms. The van der Waals surface area contributed by atoms with Crippen LogP contribution in [0, 0.1) is 0 Å². The SMILES string of the molecule is CC(C)c1ccc(C(=O)O[C@H](C)C(=O)N[C@H]2CCS(=O)(=O)C2)c(C(C)C)c1. The average Bonchev–Trinajstić information content (AvgIpc) is 2.92. The van der Waals surface area contributed by atoms with Crippen LogP contribution < -0.4 is 5.32 Å². The van der Waals surface area contributed by atoms with Gasteiger partial charge in [-0.3, -0.25) is 4.79 Å². The highest BCUT2D eigenvalue weighted by Gasteiger charge is 2.31. The lowest BCUT2D eigenvalue weighted by atomic mass is 9.91. The highest BCUT2D eigenvalue weighted by molar-refractivity contribution is 7.91. The first-order chi connectivity index (χ1) is 12.5. The standard InChI is InChI=1S/C20H29NO5S/c1-12(2)15-6-7-17(18(10-15)13(3)4)20(23)26-14(5)19(22)21-16-8-9-27(24,25)11-16/h6-7,10,12-14,16H,8-9,11H2,1-5H3,(H,21,22)/t14-,16+/m1/s1. The first-order valence-electron chi connectivity index (χ1n) is 9.35. The molecular formula is C20H29NO5S. The van der Waals surface area contributed by atoms with E-state index in [1.165, 1.54) is 6.92 Å². The van der Waals surface area contributed by atoms with Gasteiger partial charge in [-0.2, -0.15) is 0 Å². The van der Waals surface area contributed by atoms with E-state index in [9.17, 15) is 18.0 Å². The molecule has 0 radical (unpaired) electrons. The minimum atomic E-state index is -3.08. The van der Waals surface area contributed by atoms with Crippen molar-refractivity contribution in [2.24, 2.45) is 0 Å². The summed E-state index contributed by atoms with van der Waals surface area (Å²) in [6.07, 6.45) is -0.603. The zero-order valence-electron chi connectivity index (χ0n) is 16.6. The number of nitrogens with one attached hydrogen (secondary N) is 1. The van der Waals surface area contributed by atoms with Crippen LogP contribution in [-0.2, 0) is 19.4 Å². The van der Waals surface area contributed by atoms with Crippen LogP contribution in [0.3, 0.4) is 0 Å². The molecule has 1 aliphatic rings. The van der Waals surface area contributed by atoms with Crippen LogP contribution in [0.4, 0.5) is 0 Å². The normalized spacial score (nSPS) is 19.9. The minimum absolute atomic E-state index is 0.0619. The van der Waals surface area contributed by atoms with E-state index < -0.39 is 33.9 Å². The first kappa shape index (κ1) is 21.4. The molecule has 1 N–H and O–H groups in total. The summed E-state index contributed by atoms with van der Waals surface area (Å²) in [5.41, 5.74) is 2.49. The van der Waals surface area contributed by atoms with Crippen molar-refractivity contribution in [1.29, 1.82) is 0 Å². The van der Waals surface area contributed by atoms with Crippen molar-refractivity contribution in [1.82, 2.24) is 5.32 Å². The molecular weight excluding hydrogens is 366 g/mol. The summed E-state index contributed by atoms with van der Waals surface area (Å²) in [6, 6.07) is 5.25. The highest BCUT2D eigenvalue weighted by Crippen LogP contribution is 2.26. The Kier molecular flexibility index (Phi) is 6.68. The third-order valence-corrected chi connectivity index (χ3v) is 6.58. The van der Waals surface area contributed by atoms with Crippen molar-refractivity contribution in [3.63, 3.8) is 0 Å². The Labute approximate surface area is 161 Å². The van der Waals surface area contributed by atoms with Crippen molar-refractivity contribution in [3.8, 4) is 0 Å². The van der Waals surface area contributed by atoms with Crippen molar-refractivity contribution in [3.05, 3.63) is 34.9 Å². The Morgan fingerprint density at radius 1 is 1.11 bits per heavy atom. The molecule has 1 saturated heterocycles. The molecule has 0 aliphatic carbocycles. The number of sulfone groups is 1. The Morgan fingerprint density at radius 2 is 1.78 bits per heavy atom. The van der Waals surface area contributed by atoms with Crippen LogP contribution in [0.1, 0.15) is 74.4 Å². The zero-order chi connectivity index (χ0) is 20.4. The maximum atomic E-state index is 12.6. The molecule has 27 heavy (non-hydrogen) atoms. The predicted octanol–water partition coefficient (Wildman–Crippen LogP) is 2.78. The van der Waals surface area contributed by atoms with E-state index in [-0.39, 0.29) is 17.4 Å². The molecule has 2 atom stereocenters. The fourth-order valence-electron chi connectivity index (χ4n) is 3.11. The number of rotatable bonds is 6. The molecule has 1 aromatic carbocycles. The number of carbonyl (C=O) groups is 2. The number of hydrogen-bond acceptors (Lipinski definition) is 5. The molecule has 7 heteroatoms. The molecule has 1 heterocycles. The molecule has 1 aromatic rings. The Morgan fingerprint density at radius 3 is 2.30 bits per heavy atom. The number of esters is 1. The third kappa shape index (κ3) is 5.54. The van der Waals surface area contributed by atoms with E-state index in [2.05, 4.69) is 19.2 Å². The summed E-state index contributed by atoms with van der Waals surface area (Å²) in [5, 5.41) is 2.66. The van der Waals surface area contributed by atoms with Gasteiger partial charge in [0.15, 0.2) is 15.9 Å². The van der Waals surface area contributed by atoms with Gasteiger partial charge in [0.2, 0.25) is 0 Å². The lowest BCUT2D eigenvalue weighted by Crippen LogP contribution is -2.42. The maximum Gasteiger partial charge on any atom is 0.339 e. The van der Waals surface area contributed by atoms with Gasteiger partial charge < -0.3 is 10.1 Å². The molecule has 0 bridgehead atoms. The van der Waals surface area contributed by atoms with Gasteiger partial charge in [-0.15, -0.1) is 0 Å². The quantitative estimate of drug-likeness (QED) is 0.748. The molecule has 6 nitrogen and oxygen atoms in total. The fourth-order valence-corrected chi connectivity index (χ4v) is 4.78. The zero-order valence-corrected chi connectivity index (χ0v) is 17.4. The van der Waals surface area contributed by atoms with E-state index in [1.807, 2.05) is 26.0 Å². The van der Waals surface area contributed by atoms with Gasteiger partial charge in [0.25, 0.3) is 5.91 Å². The summed E-state index contributed by atoms with van der Waals surface area (Å²) in [7, 11) is -3.08. The number of amides is 1. The van der Waals surface area contributed by atoms with Crippen LogP contribution >= 0.6 is 0 Å². The molecule has 0 unspecified atom stereocenters. The largest absolute Gasteiger partial charge is 0.449 e. The van der Waals surface area contributed by atoms with Crippen LogP contribution in [0.15, 0.2) is 18.2 Å². The topological polar surface area (TPSA) is 89.5 Å². The van der Waals surface area contributed by atoms with Gasteiger partial charge in [0.05, 0.1) is 17.1 Å². The summed E-state index contributed by atoms with van der Waals surface area (Å²) in [4.78, 5) is 24.9. The van der Waals surface area contributed by atoms with Gasteiger partial charge in [0.1, 0.15) is 0 Å². The monoisotopic (exact) mass is 395 g/mol. The molecule has 150 valence electrons. The van der Waals surface area contributed by atoms with Crippen molar-refractivity contribution in [2.45, 2.75) is 65.0 Å². The van der Waals surface area contributed by atoms with Crippen LogP contribution in [0.5, 0.6) is 0 Å². The smallest absolute Gasteiger partial charge is 0.339 e. The Bertz CT molecular complexity index is 814. The van der Waals surface area contributed by atoms with E-state index in [0.29, 0.717) is 17.9 Å². The molecule has 0 saturated carbocycles. The number of carbonyl (C=O) groups excluding carboxylic acids is 2. The summed E-state index contributed by atoms with van der Waals surface area (Å²) < 4.78 is 28.3. The molecule has 1 fully saturated rings. The molecule has 0 aromatic heterocycles. The van der Waals surface area contributed by atoms with Crippen LogP contribution in [-0.4, -0.2) is 43.9 Å². The van der Waals surface area contributed by atoms with Crippen LogP contribution in [0.2, 0.25) is 0 Å². The van der Waals surface area contributed by atoms with Gasteiger partial charge in [-0.25, -0.2) is 13.2 Å². The summed E-state index contributed by atoms with van der Waals surface area (Å²) >= 11 is 0. The summed E-state index contributed by atoms with van der Waals surface area (Å²) in [6.45, 7) is 9.69. The van der Waals surface area contributed by atoms with E-state index in [1.54, 1.807) is 6.07 Å². The van der Waals surface area contributed by atoms with Crippen molar-refractivity contribution >= 4 is 21.7 Å². The van der Waals surface area contributed by atoms with Crippen LogP contribution in [0.25, 0.3) is 0 Å². The van der Waals surface area contributed by atoms with Gasteiger partial charge in [0, 0.05) is 6.04 Å². The van der Waals surface area contributed by atoms with Crippen molar-refractivity contribution in [2.75, 3.05) is 11.5 Å². The fraction of sp³-hybridized carbons (Fsp3) is 0.600. The first-order valence-corrected chi connectivity index (χ1v) is 11.2. The molecule has 2 rings (SSSR count). The van der Waals surface area contributed by atoms with E-state index >= 15 is 0 Å². The molecule has 1 amide bonds. The minimum Gasteiger partial charge on any atom is -0.449 e. The molecule has 1 aliphatic heterocycles. The third-order valence-electron chi connectivity index (χ3n) is 4.82. The lowest BCUT2D eigenvalue weighted by Gasteiger charge is -2.19. The predicted molar refractivity (Wildman–Crippen MR) is 105 cm³/mol. The number of ether oxygens (including phenoxy) is 1. The number of hydrogen-bond donors (Lipinski definition) is 1. The Balaban J connectivity index is 2.06. The van der Waals surface area contributed by atoms with Gasteiger partial charge in [-0.1, -0.05) is 39.8 Å². The number of benzene rings is 1. The second kappa shape index (κ2) is 8.42. The van der Waals surface area contributed by atoms with E-state index in [0.717, 1.165) is 11.1 Å². The van der Waals surface area contributed by atoms with Gasteiger partial charge >= 0.3 is 5.97 Å². The summed E-state index contributed by atoms with van der Waals surface area (Å²) in [5.74, 6) is -0.523. The van der Waals surface area contributed by atoms with Gasteiger partial charge in [-0.05, 0) is 42.4 Å². The highest BCUT2D eigenvalue weighted by atomic mass is 32.2. The van der Waals surface area contributed by atoms with Crippen molar-refractivity contribution < 1.29 is 22.7 Å².